The molecular formula is C30H30FN5O. The van der Waals surface area contributed by atoms with E-state index >= 15 is 0 Å². The van der Waals surface area contributed by atoms with Crippen molar-refractivity contribution in [1.29, 1.82) is 0 Å². The molecule has 37 heavy (non-hydrogen) atoms. The van der Waals surface area contributed by atoms with E-state index in [0.29, 0.717) is 49.1 Å². The number of nitrogens with zero attached hydrogens (tertiary/aromatic N) is 4. The summed E-state index contributed by atoms with van der Waals surface area (Å²) in [5.74, 6) is 0.716. The Morgan fingerprint density at radius 2 is 1.62 bits per heavy atom. The lowest BCUT2D eigenvalue weighted by Gasteiger charge is -2.37. The Morgan fingerprint density at radius 3 is 2.35 bits per heavy atom. The van der Waals surface area contributed by atoms with Crippen LogP contribution in [0, 0.1) is 12.7 Å². The summed E-state index contributed by atoms with van der Waals surface area (Å²) in [6.45, 7) is 6.43. The number of halogens is 1. The van der Waals surface area contributed by atoms with Crippen molar-refractivity contribution in [2.45, 2.75) is 19.9 Å². The van der Waals surface area contributed by atoms with Crippen molar-refractivity contribution < 1.29 is 9.18 Å². The zero-order valence-corrected chi connectivity index (χ0v) is 21.1. The van der Waals surface area contributed by atoms with Crippen LogP contribution >= 0.6 is 0 Å². The van der Waals surface area contributed by atoms with Gasteiger partial charge in [-0.1, -0.05) is 66.2 Å². The summed E-state index contributed by atoms with van der Waals surface area (Å²) in [7, 11) is 0. The van der Waals surface area contributed by atoms with Gasteiger partial charge in [0.25, 0.3) is 5.91 Å². The largest absolute Gasteiger partial charge is 0.366 e. The number of para-hydroxylation sites is 1. The van der Waals surface area contributed by atoms with Crippen molar-refractivity contribution in [1.82, 2.24) is 15.3 Å². The number of amides is 1. The summed E-state index contributed by atoms with van der Waals surface area (Å²) in [6.07, 6.45) is 1.62. The average molecular weight is 496 g/mol. The molecule has 0 radical (unpaired) electrons. The van der Waals surface area contributed by atoms with Gasteiger partial charge in [-0.25, -0.2) is 14.4 Å². The molecule has 1 amide bonds. The lowest BCUT2D eigenvalue weighted by molar-refractivity contribution is 0.0939. The van der Waals surface area contributed by atoms with Crippen LogP contribution in [0.4, 0.5) is 15.9 Å². The van der Waals surface area contributed by atoms with Crippen molar-refractivity contribution in [3.63, 3.8) is 0 Å². The molecule has 0 saturated carbocycles. The van der Waals surface area contributed by atoms with E-state index in [1.54, 1.807) is 18.3 Å². The summed E-state index contributed by atoms with van der Waals surface area (Å²) in [5, 5.41) is 3.10. The third-order valence-corrected chi connectivity index (χ3v) is 6.71. The summed E-state index contributed by atoms with van der Waals surface area (Å²) in [6, 6.07) is 24.5. The molecule has 2 heterocycles. The Morgan fingerprint density at radius 1 is 0.919 bits per heavy atom. The van der Waals surface area contributed by atoms with E-state index in [1.165, 1.54) is 6.07 Å². The van der Waals surface area contributed by atoms with Crippen LogP contribution in [-0.4, -0.2) is 42.1 Å². The highest BCUT2D eigenvalue weighted by Gasteiger charge is 2.26. The molecule has 3 aromatic carbocycles. The van der Waals surface area contributed by atoms with Crippen molar-refractivity contribution in [3.05, 3.63) is 108 Å². The number of aromatic nitrogens is 2. The maximum atomic E-state index is 14.4. The third-order valence-electron chi connectivity index (χ3n) is 6.71. The second-order valence-corrected chi connectivity index (χ2v) is 9.33. The van der Waals surface area contributed by atoms with Gasteiger partial charge in [0.1, 0.15) is 17.2 Å². The molecule has 0 spiro atoms. The molecule has 1 aromatic heterocycles. The molecule has 1 unspecified atom stereocenters. The molecular weight excluding hydrogens is 465 g/mol. The minimum absolute atomic E-state index is 0.170. The number of benzene rings is 3. The van der Waals surface area contributed by atoms with Crippen LogP contribution in [0.2, 0.25) is 0 Å². The molecule has 4 aromatic rings. The predicted octanol–water partition coefficient (Wildman–Crippen LogP) is 5.41. The highest BCUT2D eigenvalue weighted by Crippen LogP contribution is 2.27. The molecule has 0 aliphatic carbocycles. The molecule has 1 fully saturated rings. The molecule has 5 rings (SSSR count). The lowest BCUT2D eigenvalue weighted by atomic mass is 10.1. The lowest BCUT2D eigenvalue weighted by Crippen LogP contribution is -2.47. The summed E-state index contributed by atoms with van der Waals surface area (Å²) >= 11 is 0. The first-order valence-electron chi connectivity index (χ1n) is 12.5. The molecule has 6 nitrogen and oxygen atoms in total. The Hall–Kier alpha value is -4.26. The SMILES string of the molecule is Cc1cccc(-c2ncc(C(=O)NC(C)c3ccccc3)c(N3CCN(c4ccccc4F)CC3)n2)c1. The fourth-order valence-electron chi connectivity index (χ4n) is 4.66. The number of aryl methyl sites for hydroxylation is 1. The minimum Gasteiger partial charge on any atom is -0.366 e. The van der Waals surface area contributed by atoms with Gasteiger partial charge in [0.15, 0.2) is 5.82 Å². The van der Waals surface area contributed by atoms with Gasteiger partial charge in [-0.2, -0.15) is 0 Å². The number of carbonyl (C=O) groups is 1. The van der Waals surface area contributed by atoms with Crippen molar-refractivity contribution >= 4 is 17.4 Å². The Balaban J connectivity index is 1.43. The van der Waals surface area contributed by atoms with E-state index in [9.17, 15) is 9.18 Å². The number of piperazine rings is 1. The van der Waals surface area contributed by atoms with E-state index in [2.05, 4.69) is 15.2 Å². The molecule has 1 N–H and O–H groups in total. The van der Waals surface area contributed by atoms with Crippen molar-refractivity contribution in [3.8, 4) is 11.4 Å². The quantitative estimate of drug-likeness (QED) is 0.388. The number of anilines is 2. The molecule has 1 aliphatic rings. The first-order valence-corrected chi connectivity index (χ1v) is 12.5. The van der Waals surface area contributed by atoms with E-state index in [-0.39, 0.29) is 17.8 Å². The van der Waals surface area contributed by atoms with Crippen molar-refractivity contribution in [2.24, 2.45) is 0 Å². The van der Waals surface area contributed by atoms with Gasteiger partial charge in [0, 0.05) is 37.9 Å². The van der Waals surface area contributed by atoms with Gasteiger partial charge >= 0.3 is 0 Å². The summed E-state index contributed by atoms with van der Waals surface area (Å²) in [5.41, 5.74) is 4.06. The first-order chi connectivity index (χ1) is 18.0. The Kier molecular flexibility index (Phi) is 7.12. The molecule has 188 valence electrons. The fourth-order valence-corrected chi connectivity index (χ4v) is 4.66. The molecule has 1 aliphatic heterocycles. The number of hydrogen-bond donors (Lipinski definition) is 1. The molecule has 1 saturated heterocycles. The summed E-state index contributed by atoms with van der Waals surface area (Å²) < 4.78 is 14.4. The maximum Gasteiger partial charge on any atom is 0.257 e. The van der Waals surface area contributed by atoms with Crippen LogP contribution in [-0.2, 0) is 0 Å². The van der Waals surface area contributed by atoms with Gasteiger partial charge in [0.2, 0.25) is 0 Å². The number of rotatable bonds is 6. The third kappa shape index (κ3) is 5.45. The highest BCUT2D eigenvalue weighted by molar-refractivity contribution is 5.99. The second-order valence-electron chi connectivity index (χ2n) is 9.33. The molecule has 1 atom stereocenters. The number of hydrogen-bond acceptors (Lipinski definition) is 5. The van der Waals surface area contributed by atoms with Gasteiger partial charge in [-0.15, -0.1) is 0 Å². The van der Waals surface area contributed by atoms with Gasteiger partial charge in [-0.05, 0) is 37.6 Å². The Labute approximate surface area is 216 Å². The monoisotopic (exact) mass is 495 g/mol. The van der Waals surface area contributed by atoms with E-state index in [4.69, 9.17) is 4.98 Å². The number of nitrogens with one attached hydrogen (secondary N) is 1. The zero-order valence-electron chi connectivity index (χ0n) is 21.1. The molecule has 0 bridgehead atoms. The van der Waals surface area contributed by atoms with Crippen LogP contribution in [0.5, 0.6) is 0 Å². The molecule has 7 heteroatoms. The Bertz CT molecular complexity index is 1390. The van der Waals surface area contributed by atoms with Crippen LogP contribution < -0.4 is 15.1 Å². The van der Waals surface area contributed by atoms with Crippen molar-refractivity contribution in [2.75, 3.05) is 36.0 Å². The minimum atomic E-state index is -0.227. The van der Waals surface area contributed by atoms with Crippen LogP contribution in [0.1, 0.15) is 34.5 Å². The zero-order chi connectivity index (χ0) is 25.8. The van der Waals surface area contributed by atoms with Gasteiger partial charge in [0.05, 0.1) is 11.7 Å². The number of carbonyl (C=O) groups excluding carboxylic acids is 1. The maximum absolute atomic E-state index is 14.4. The van der Waals surface area contributed by atoms with Crippen LogP contribution in [0.25, 0.3) is 11.4 Å². The highest BCUT2D eigenvalue weighted by atomic mass is 19.1. The first kappa shape index (κ1) is 24.4. The van der Waals surface area contributed by atoms with E-state index in [1.807, 2.05) is 79.4 Å². The van der Waals surface area contributed by atoms with E-state index in [0.717, 1.165) is 16.7 Å². The van der Waals surface area contributed by atoms with E-state index < -0.39 is 0 Å². The normalized spacial score (nSPS) is 14.4. The predicted molar refractivity (Wildman–Crippen MR) is 145 cm³/mol. The second kappa shape index (κ2) is 10.8. The summed E-state index contributed by atoms with van der Waals surface area (Å²) in [4.78, 5) is 27.0. The van der Waals surface area contributed by atoms with Gasteiger partial charge < -0.3 is 15.1 Å². The smallest absolute Gasteiger partial charge is 0.257 e. The average Bonchev–Trinajstić information content (AvgIpc) is 2.93. The van der Waals surface area contributed by atoms with Crippen LogP contribution in [0.15, 0.2) is 85.1 Å². The fraction of sp³-hybridized carbons (Fsp3) is 0.233. The topological polar surface area (TPSA) is 61.4 Å². The standard InChI is InChI=1S/C30H30FN5O/c1-21-9-8-12-24(19-21)28-32-20-25(30(37)33-22(2)23-10-4-3-5-11-23)29(34-28)36-17-15-35(16-18-36)27-14-7-6-13-26(27)31/h3-14,19-20,22H,15-18H2,1-2H3,(H,33,37). The van der Waals surface area contributed by atoms with Crippen LogP contribution in [0.3, 0.4) is 0 Å². The van der Waals surface area contributed by atoms with Gasteiger partial charge in [-0.3, -0.25) is 4.79 Å².